The van der Waals surface area contributed by atoms with Crippen LogP contribution in [0.25, 0.3) is 0 Å². The number of carboxylic acids is 1. The van der Waals surface area contributed by atoms with Gasteiger partial charge in [-0.3, -0.25) is 4.79 Å². The maximum absolute atomic E-state index is 10.7. The Morgan fingerprint density at radius 2 is 2.17 bits per heavy atom. The highest BCUT2D eigenvalue weighted by Gasteiger charge is 2.29. The lowest BCUT2D eigenvalue weighted by Crippen LogP contribution is -2.29. The molecule has 0 unspecified atom stereocenters. The van der Waals surface area contributed by atoms with Crippen LogP contribution in [-0.4, -0.2) is 36.4 Å². The van der Waals surface area contributed by atoms with Crippen molar-refractivity contribution in [3.05, 3.63) is 35.9 Å². The maximum atomic E-state index is 10.7. The molecule has 0 spiro atoms. The molecule has 4 nitrogen and oxygen atoms in total. The molecular formula is C14H19NO3. The molecule has 18 heavy (non-hydrogen) atoms. The first-order valence-corrected chi connectivity index (χ1v) is 6.37. The van der Waals surface area contributed by atoms with Crippen molar-refractivity contribution in [3.8, 4) is 0 Å². The number of aliphatic carboxylic acids is 1. The summed E-state index contributed by atoms with van der Waals surface area (Å²) < 4.78 is 5.68. The van der Waals surface area contributed by atoms with Crippen LogP contribution in [0.1, 0.15) is 18.4 Å². The standard InChI is InChI=1S/C14H19NO3/c16-14(17)13-9-12(10-15-13)18-8-4-7-11-5-2-1-3-6-11/h1-3,5-6,12-13,15H,4,7-10H2,(H,16,17)/t12-,13+/m1/s1. The maximum Gasteiger partial charge on any atom is 0.320 e. The Kier molecular flexibility index (Phi) is 4.73. The van der Waals surface area contributed by atoms with E-state index in [0.29, 0.717) is 19.6 Å². The van der Waals surface area contributed by atoms with Gasteiger partial charge in [-0.05, 0) is 18.4 Å². The second-order valence-corrected chi connectivity index (χ2v) is 4.62. The molecule has 1 aliphatic rings. The molecule has 1 saturated heterocycles. The van der Waals surface area contributed by atoms with Crippen LogP contribution in [0.3, 0.4) is 0 Å². The second kappa shape index (κ2) is 6.52. The number of nitrogens with one attached hydrogen (secondary N) is 1. The fraction of sp³-hybridized carbons (Fsp3) is 0.500. The van der Waals surface area contributed by atoms with Gasteiger partial charge >= 0.3 is 5.97 Å². The molecule has 1 fully saturated rings. The Morgan fingerprint density at radius 3 is 2.83 bits per heavy atom. The molecule has 0 aromatic heterocycles. The average Bonchev–Trinajstić information content (AvgIpc) is 2.85. The largest absolute Gasteiger partial charge is 0.480 e. The van der Waals surface area contributed by atoms with Gasteiger partial charge < -0.3 is 15.2 Å². The second-order valence-electron chi connectivity index (χ2n) is 4.62. The number of benzene rings is 1. The number of aryl methyl sites for hydroxylation is 1. The van der Waals surface area contributed by atoms with Gasteiger partial charge in [0.1, 0.15) is 6.04 Å². The molecule has 0 amide bonds. The third-order valence-electron chi connectivity index (χ3n) is 3.19. The van der Waals surface area contributed by atoms with Crippen molar-refractivity contribution in [1.82, 2.24) is 5.32 Å². The molecule has 2 N–H and O–H groups in total. The van der Waals surface area contributed by atoms with Crippen molar-refractivity contribution in [2.24, 2.45) is 0 Å². The van der Waals surface area contributed by atoms with Crippen LogP contribution >= 0.6 is 0 Å². The summed E-state index contributed by atoms with van der Waals surface area (Å²) in [7, 11) is 0. The number of hydrogen-bond donors (Lipinski definition) is 2. The van der Waals surface area contributed by atoms with Crippen molar-refractivity contribution < 1.29 is 14.6 Å². The zero-order valence-electron chi connectivity index (χ0n) is 10.3. The average molecular weight is 249 g/mol. The minimum absolute atomic E-state index is 0.0434. The van der Waals surface area contributed by atoms with Gasteiger partial charge in [0.15, 0.2) is 0 Å². The minimum Gasteiger partial charge on any atom is -0.480 e. The topological polar surface area (TPSA) is 58.6 Å². The van der Waals surface area contributed by atoms with E-state index in [1.165, 1.54) is 5.56 Å². The van der Waals surface area contributed by atoms with E-state index in [4.69, 9.17) is 9.84 Å². The molecule has 0 radical (unpaired) electrons. The highest BCUT2D eigenvalue weighted by molar-refractivity contribution is 5.73. The van der Waals surface area contributed by atoms with E-state index in [-0.39, 0.29) is 6.10 Å². The van der Waals surface area contributed by atoms with E-state index in [0.717, 1.165) is 12.8 Å². The normalized spacial score (nSPS) is 23.1. The zero-order chi connectivity index (χ0) is 12.8. The fourth-order valence-electron chi connectivity index (χ4n) is 2.19. The van der Waals surface area contributed by atoms with Crippen LogP contribution in [0.4, 0.5) is 0 Å². The lowest BCUT2D eigenvalue weighted by atomic mass is 10.1. The molecule has 1 aromatic rings. The van der Waals surface area contributed by atoms with Gasteiger partial charge in [0, 0.05) is 19.6 Å². The highest BCUT2D eigenvalue weighted by atomic mass is 16.5. The Morgan fingerprint density at radius 1 is 1.39 bits per heavy atom. The van der Waals surface area contributed by atoms with E-state index >= 15 is 0 Å². The number of ether oxygens (including phenoxy) is 1. The van der Waals surface area contributed by atoms with Crippen LogP contribution in [-0.2, 0) is 16.0 Å². The van der Waals surface area contributed by atoms with Gasteiger partial charge in [-0.15, -0.1) is 0 Å². The van der Waals surface area contributed by atoms with Crippen LogP contribution in [0.5, 0.6) is 0 Å². The SMILES string of the molecule is O=C(O)[C@@H]1C[C@@H](OCCCc2ccccc2)CN1. The third-order valence-corrected chi connectivity index (χ3v) is 3.19. The first-order chi connectivity index (χ1) is 8.75. The van der Waals surface area contributed by atoms with Gasteiger partial charge in [0.25, 0.3) is 0 Å². The molecule has 1 aliphatic heterocycles. The predicted octanol–water partition coefficient (Wildman–Crippen LogP) is 1.45. The molecule has 0 bridgehead atoms. The zero-order valence-corrected chi connectivity index (χ0v) is 10.3. The van der Waals surface area contributed by atoms with Crippen LogP contribution < -0.4 is 5.32 Å². The van der Waals surface area contributed by atoms with Crippen molar-refractivity contribution in [3.63, 3.8) is 0 Å². The minimum atomic E-state index is -0.787. The van der Waals surface area contributed by atoms with Gasteiger partial charge in [0.2, 0.25) is 0 Å². The molecule has 1 heterocycles. The Labute approximate surface area is 107 Å². The summed E-state index contributed by atoms with van der Waals surface area (Å²) in [4.78, 5) is 10.7. The summed E-state index contributed by atoms with van der Waals surface area (Å²) in [5.41, 5.74) is 1.31. The quantitative estimate of drug-likeness (QED) is 0.749. The Bertz CT molecular complexity index is 380. The molecule has 2 atom stereocenters. The van der Waals surface area contributed by atoms with Gasteiger partial charge in [0.05, 0.1) is 6.10 Å². The first-order valence-electron chi connectivity index (χ1n) is 6.37. The number of hydrogen-bond acceptors (Lipinski definition) is 3. The van der Waals surface area contributed by atoms with E-state index in [1.807, 2.05) is 18.2 Å². The first kappa shape index (κ1) is 13.1. The monoisotopic (exact) mass is 249 g/mol. The van der Waals surface area contributed by atoms with Crippen LogP contribution in [0.15, 0.2) is 30.3 Å². The van der Waals surface area contributed by atoms with Crippen LogP contribution in [0, 0.1) is 0 Å². The summed E-state index contributed by atoms with van der Waals surface area (Å²) in [6.45, 7) is 1.33. The van der Waals surface area contributed by atoms with Crippen molar-refractivity contribution >= 4 is 5.97 Å². The summed E-state index contributed by atoms with van der Waals surface area (Å²) in [6.07, 6.45) is 2.59. The summed E-state index contributed by atoms with van der Waals surface area (Å²) in [5, 5.41) is 11.8. The van der Waals surface area contributed by atoms with Crippen molar-refractivity contribution in [1.29, 1.82) is 0 Å². The van der Waals surface area contributed by atoms with Gasteiger partial charge in [-0.25, -0.2) is 0 Å². The Hall–Kier alpha value is -1.39. The molecule has 0 saturated carbocycles. The number of carboxylic acid groups (broad SMARTS) is 1. The van der Waals surface area contributed by atoms with E-state index in [1.54, 1.807) is 0 Å². The Balaban J connectivity index is 1.61. The van der Waals surface area contributed by atoms with E-state index < -0.39 is 12.0 Å². The number of rotatable bonds is 6. The summed E-state index contributed by atoms with van der Waals surface area (Å²) in [5.74, 6) is -0.787. The summed E-state index contributed by atoms with van der Waals surface area (Å²) in [6, 6.07) is 9.86. The van der Waals surface area contributed by atoms with E-state index in [9.17, 15) is 4.79 Å². The molecular weight excluding hydrogens is 230 g/mol. The van der Waals surface area contributed by atoms with Gasteiger partial charge in [-0.2, -0.15) is 0 Å². The molecule has 2 rings (SSSR count). The van der Waals surface area contributed by atoms with Crippen LogP contribution in [0.2, 0.25) is 0 Å². The predicted molar refractivity (Wildman–Crippen MR) is 68.5 cm³/mol. The molecule has 98 valence electrons. The fourth-order valence-corrected chi connectivity index (χ4v) is 2.19. The van der Waals surface area contributed by atoms with Gasteiger partial charge in [-0.1, -0.05) is 30.3 Å². The lowest BCUT2D eigenvalue weighted by Gasteiger charge is -2.10. The number of carbonyl (C=O) groups is 1. The third kappa shape index (κ3) is 3.82. The molecule has 4 heteroatoms. The van der Waals surface area contributed by atoms with Crippen molar-refractivity contribution in [2.75, 3.05) is 13.2 Å². The smallest absolute Gasteiger partial charge is 0.320 e. The summed E-state index contributed by atoms with van der Waals surface area (Å²) >= 11 is 0. The molecule has 0 aliphatic carbocycles. The van der Waals surface area contributed by atoms with E-state index in [2.05, 4.69) is 17.4 Å². The van der Waals surface area contributed by atoms with Crippen molar-refractivity contribution in [2.45, 2.75) is 31.4 Å². The lowest BCUT2D eigenvalue weighted by molar-refractivity contribution is -0.139. The molecule has 1 aromatic carbocycles. The highest BCUT2D eigenvalue weighted by Crippen LogP contribution is 2.11.